The highest BCUT2D eigenvalue weighted by atomic mass is 79.9. The van der Waals surface area contributed by atoms with Crippen molar-refractivity contribution in [3.63, 3.8) is 0 Å². The average molecular weight is 313 g/mol. The van der Waals surface area contributed by atoms with Gasteiger partial charge in [-0.05, 0) is 37.0 Å². The molecule has 18 heavy (non-hydrogen) atoms. The Labute approximate surface area is 120 Å². The van der Waals surface area contributed by atoms with Gasteiger partial charge in [0.05, 0.1) is 0 Å². The van der Waals surface area contributed by atoms with E-state index in [9.17, 15) is 0 Å². The number of hydrogen-bond acceptors (Lipinski definition) is 2. The van der Waals surface area contributed by atoms with Crippen LogP contribution in [0.1, 0.15) is 32.8 Å². The Hall–Kier alpha value is -0.540. The molecule has 0 heterocycles. The lowest BCUT2D eigenvalue weighted by Crippen LogP contribution is -2.26. The lowest BCUT2D eigenvalue weighted by Gasteiger charge is -2.26. The molecule has 0 saturated heterocycles. The second-order valence-electron chi connectivity index (χ2n) is 5.35. The Morgan fingerprint density at radius 2 is 2.00 bits per heavy atom. The molecular formula is C15H25BrN2. The van der Waals surface area contributed by atoms with E-state index in [1.165, 1.54) is 17.7 Å². The van der Waals surface area contributed by atoms with E-state index in [1.807, 2.05) is 0 Å². The summed E-state index contributed by atoms with van der Waals surface area (Å²) in [6.07, 6.45) is 2.13. The highest BCUT2D eigenvalue weighted by Gasteiger charge is 2.11. The summed E-state index contributed by atoms with van der Waals surface area (Å²) in [5.74, 6) is 0.706. The van der Waals surface area contributed by atoms with Crippen LogP contribution in [-0.2, 0) is 6.42 Å². The van der Waals surface area contributed by atoms with E-state index in [4.69, 9.17) is 5.73 Å². The molecule has 0 bridgehead atoms. The van der Waals surface area contributed by atoms with Gasteiger partial charge in [-0.3, -0.25) is 0 Å². The molecule has 0 aliphatic heterocycles. The molecule has 0 aromatic heterocycles. The normalized spacial score (nSPS) is 14.3. The van der Waals surface area contributed by atoms with Crippen LogP contribution in [0.5, 0.6) is 0 Å². The van der Waals surface area contributed by atoms with Crippen molar-refractivity contribution < 1.29 is 0 Å². The Kier molecular flexibility index (Phi) is 6.16. The smallest absolute Gasteiger partial charge is 0.0408 e. The molecule has 0 aliphatic carbocycles. The fraction of sp³-hybridized carbons (Fsp3) is 0.600. The third-order valence-corrected chi connectivity index (χ3v) is 3.78. The highest BCUT2D eigenvalue weighted by Crippen LogP contribution is 2.26. The molecule has 2 N–H and O–H groups in total. The van der Waals surface area contributed by atoms with E-state index >= 15 is 0 Å². The molecule has 0 fully saturated rings. The van der Waals surface area contributed by atoms with Gasteiger partial charge in [-0.1, -0.05) is 42.3 Å². The van der Waals surface area contributed by atoms with Crippen molar-refractivity contribution in [2.24, 2.45) is 11.7 Å². The predicted molar refractivity (Wildman–Crippen MR) is 84.2 cm³/mol. The van der Waals surface area contributed by atoms with Crippen LogP contribution in [0.25, 0.3) is 0 Å². The Morgan fingerprint density at radius 3 is 2.56 bits per heavy atom. The third-order valence-electron chi connectivity index (χ3n) is 3.28. The van der Waals surface area contributed by atoms with Crippen LogP contribution >= 0.6 is 15.9 Å². The monoisotopic (exact) mass is 312 g/mol. The molecule has 0 saturated carbocycles. The highest BCUT2D eigenvalue weighted by molar-refractivity contribution is 9.10. The van der Waals surface area contributed by atoms with Gasteiger partial charge in [0.1, 0.15) is 0 Å². The van der Waals surface area contributed by atoms with Gasteiger partial charge < -0.3 is 10.6 Å². The minimum atomic E-state index is 0.196. The van der Waals surface area contributed by atoms with Crippen LogP contribution in [0.3, 0.4) is 0 Å². The van der Waals surface area contributed by atoms with Crippen LogP contribution in [0, 0.1) is 5.92 Å². The van der Waals surface area contributed by atoms with Crippen molar-refractivity contribution >= 4 is 21.6 Å². The summed E-state index contributed by atoms with van der Waals surface area (Å²) < 4.78 is 1.13. The van der Waals surface area contributed by atoms with Gasteiger partial charge in [0, 0.05) is 29.8 Å². The topological polar surface area (TPSA) is 29.3 Å². The van der Waals surface area contributed by atoms with Gasteiger partial charge >= 0.3 is 0 Å². The molecule has 0 amide bonds. The fourth-order valence-corrected chi connectivity index (χ4v) is 2.46. The summed E-state index contributed by atoms with van der Waals surface area (Å²) in [5.41, 5.74) is 8.55. The van der Waals surface area contributed by atoms with Crippen molar-refractivity contribution in [2.45, 2.75) is 39.7 Å². The SMILES string of the molecule is CCC(C)CN(C)c1cc(Br)ccc1CC(C)N. The number of halogens is 1. The van der Waals surface area contributed by atoms with Crippen molar-refractivity contribution in [2.75, 3.05) is 18.5 Å². The molecule has 1 aromatic rings. The van der Waals surface area contributed by atoms with Gasteiger partial charge in [0.15, 0.2) is 0 Å². The summed E-state index contributed by atoms with van der Waals surface area (Å²) in [6, 6.07) is 6.66. The van der Waals surface area contributed by atoms with Gasteiger partial charge in [0.2, 0.25) is 0 Å². The van der Waals surface area contributed by atoms with E-state index in [2.05, 4.69) is 66.8 Å². The molecule has 3 heteroatoms. The minimum absolute atomic E-state index is 0.196. The van der Waals surface area contributed by atoms with Crippen LogP contribution in [0.4, 0.5) is 5.69 Å². The summed E-state index contributed by atoms with van der Waals surface area (Å²) in [6.45, 7) is 7.67. The van der Waals surface area contributed by atoms with Gasteiger partial charge in [-0.2, -0.15) is 0 Å². The zero-order valence-corrected chi connectivity index (χ0v) is 13.5. The maximum Gasteiger partial charge on any atom is 0.0408 e. The standard InChI is InChI=1S/C15H25BrN2/c1-5-11(2)10-18(4)15-9-14(16)7-6-13(15)8-12(3)17/h6-7,9,11-12H,5,8,10,17H2,1-4H3. The zero-order valence-electron chi connectivity index (χ0n) is 11.9. The fourth-order valence-electron chi connectivity index (χ4n) is 2.11. The summed E-state index contributed by atoms with van der Waals surface area (Å²) >= 11 is 3.56. The molecule has 0 spiro atoms. The summed E-state index contributed by atoms with van der Waals surface area (Å²) in [4.78, 5) is 2.34. The third kappa shape index (κ3) is 4.62. The lowest BCUT2D eigenvalue weighted by atomic mass is 10.0. The molecule has 2 nitrogen and oxygen atoms in total. The quantitative estimate of drug-likeness (QED) is 0.865. The van der Waals surface area contributed by atoms with Gasteiger partial charge in [0.25, 0.3) is 0 Å². The van der Waals surface area contributed by atoms with E-state index in [0.29, 0.717) is 5.92 Å². The first-order valence-electron chi connectivity index (χ1n) is 6.69. The maximum atomic E-state index is 5.93. The van der Waals surface area contributed by atoms with E-state index in [-0.39, 0.29) is 6.04 Å². The summed E-state index contributed by atoms with van der Waals surface area (Å²) in [5, 5.41) is 0. The predicted octanol–water partition coefficient (Wildman–Crippen LogP) is 3.82. The second-order valence-corrected chi connectivity index (χ2v) is 6.26. The summed E-state index contributed by atoms with van der Waals surface area (Å²) in [7, 11) is 2.17. The molecule has 0 radical (unpaired) electrons. The largest absolute Gasteiger partial charge is 0.374 e. The Balaban J connectivity index is 2.93. The van der Waals surface area contributed by atoms with Crippen LogP contribution in [0.15, 0.2) is 22.7 Å². The van der Waals surface area contributed by atoms with E-state index in [1.54, 1.807) is 0 Å². The average Bonchev–Trinajstić information content (AvgIpc) is 2.30. The van der Waals surface area contributed by atoms with Crippen molar-refractivity contribution in [1.29, 1.82) is 0 Å². The first-order chi connectivity index (χ1) is 8.43. The number of hydrogen-bond donors (Lipinski definition) is 1. The van der Waals surface area contributed by atoms with Crippen LogP contribution in [0.2, 0.25) is 0 Å². The van der Waals surface area contributed by atoms with Crippen LogP contribution < -0.4 is 10.6 Å². The number of rotatable bonds is 6. The molecule has 0 aliphatic rings. The van der Waals surface area contributed by atoms with Crippen LogP contribution in [-0.4, -0.2) is 19.6 Å². The molecule has 1 aromatic carbocycles. The second kappa shape index (κ2) is 7.15. The first-order valence-corrected chi connectivity index (χ1v) is 7.48. The number of benzene rings is 1. The van der Waals surface area contributed by atoms with Gasteiger partial charge in [-0.25, -0.2) is 0 Å². The molecule has 1 rings (SSSR count). The number of nitrogens with two attached hydrogens (primary N) is 1. The van der Waals surface area contributed by atoms with E-state index in [0.717, 1.165) is 17.4 Å². The molecule has 102 valence electrons. The molecular weight excluding hydrogens is 288 g/mol. The number of nitrogens with zero attached hydrogens (tertiary/aromatic N) is 1. The van der Waals surface area contributed by atoms with Crippen molar-refractivity contribution in [3.05, 3.63) is 28.2 Å². The first kappa shape index (κ1) is 15.5. The maximum absolute atomic E-state index is 5.93. The Morgan fingerprint density at radius 1 is 1.33 bits per heavy atom. The zero-order chi connectivity index (χ0) is 13.7. The Bertz CT molecular complexity index is 377. The van der Waals surface area contributed by atoms with Crippen molar-refractivity contribution in [1.82, 2.24) is 0 Å². The van der Waals surface area contributed by atoms with Gasteiger partial charge in [-0.15, -0.1) is 0 Å². The van der Waals surface area contributed by atoms with E-state index < -0.39 is 0 Å². The number of anilines is 1. The molecule has 2 unspecified atom stereocenters. The minimum Gasteiger partial charge on any atom is -0.374 e. The molecule has 2 atom stereocenters. The lowest BCUT2D eigenvalue weighted by molar-refractivity contribution is 0.558. The van der Waals surface area contributed by atoms with Crippen molar-refractivity contribution in [3.8, 4) is 0 Å².